The molecule has 14 heavy (non-hydrogen) atoms. The summed E-state index contributed by atoms with van der Waals surface area (Å²) >= 11 is 0. The summed E-state index contributed by atoms with van der Waals surface area (Å²) in [6, 6.07) is 9.29. The van der Waals surface area contributed by atoms with E-state index in [0.29, 0.717) is 5.75 Å². The van der Waals surface area contributed by atoms with E-state index in [0.717, 1.165) is 11.4 Å². The lowest BCUT2D eigenvalue weighted by molar-refractivity contribution is 0.614. The highest BCUT2D eigenvalue weighted by Gasteiger charge is 2.05. The Bertz CT molecular complexity index is 419. The molecule has 67 valence electrons. The van der Waals surface area contributed by atoms with Crippen LogP contribution in [0.1, 0.15) is 0 Å². The number of hydrogen-bond donors (Lipinski definition) is 0. The molecule has 0 aromatic carbocycles. The van der Waals surface area contributed by atoms with E-state index in [4.69, 9.17) is 4.43 Å². The monoisotopic (exact) mass is 199 g/mol. The van der Waals surface area contributed by atoms with E-state index in [1.54, 1.807) is 12.4 Å². The maximum atomic E-state index is 5.00. The van der Waals surface area contributed by atoms with Gasteiger partial charge in [-0.2, -0.15) is 0 Å². The number of pyridine rings is 2. The SMILES string of the molecule is [Si]Oc1cccnc1-c1ccccn1. The van der Waals surface area contributed by atoms with Crippen molar-refractivity contribution in [2.24, 2.45) is 0 Å². The Balaban J connectivity index is 2.51. The molecule has 2 heterocycles. The average molecular weight is 199 g/mol. The van der Waals surface area contributed by atoms with E-state index in [9.17, 15) is 0 Å². The van der Waals surface area contributed by atoms with Crippen LogP contribution in [0.2, 0.25) is 0 Å². The molecule has 3 radical (unpaired) electrons. The summed E-state index contributed by atoms with van der Waals surface area (Å²) in [5.74, 6) is 0.655. The van der Waals surface area contributed by atoms with Crippen molar-refractivity contribution in [2.45, 2.75) is 0 Å². The molecule has 2 rings (SSSR count). The summed E-state index contributed by atoms with van der Waals surface area (Å²) in [4.78, 5) is 8.39. The lowest BCUT2D eigenvalue weighted by Gasteiger charge is -2.05. The van der Waals surface area contributed by atoms with Crippen LogP contribution < -0.4 is 4.43 Å². The molecule has 3 nitrogen and oxygen atoms in total. The molecule has 0 aliphatic rings. The predicted molar refractivity (Wildman–Crippen MR) is 53.9 cm³/mol. The molecule has 4 heteroatoms. The van der Waals surface area contributed by atoms with Gasteiger partial charge in [0.25, 0.3) is 0 Å². The first-order valence-corrected chi connectivity index (χ1v) is 4.52. The molecule has 0 unspecified atom stereocenters. The Hall–Kier alpha value is -1.68. The quantitative estimate of drug-likeness (QED) is 0.689. The highest BCUT2D eigenvalue weighted by atomic mass is 28.2. The van der Waals surface area contributed by atoms with E-state index in [-0.39, 0.29) is 0 Å². The van der Waals surface area contributed by atoms with E-state index < -0.39 is 0 Å². The molecular weight excluding hydrogens is 192 g/mol. The Morgan fingerprint density at radius 3 is 2.57 bits per heavy atom. The van der Waals surface area contributed by atoms with Crippen LogP contribution in [0.5, 0.6) is 5.75 Å². The van der Waals surface area contributed by atoms with Crippen molar-refractivity contribution in [3.63, 3.8) is 0 Å². The molecule has 0 fully saturated rings. The van der Waals surface area contributed by atoms with E-state index in [1.165, 1.54) is 0 Å². The van der Waals surface area contributed by atoms with Gasteiger partial charge in [-0.15, -0.1) is 0 Å². The summed E-state index contributed by atoms with van der Waals surface area (Å²) in [6.45, 7) is 0. The van der Waals surface area contributed by atoms with Gasteiger partial charge in [0.2, 0.25) is 0 Å². The summed E-state index contributed by atoms with van der Waals surface area (Å²) in [6.07, 6.45) is 3.43. The minimum atomic E-state index is 0.655. The van der Waals surface area contributed by atoms with Gasteiger partial charge in [-0.1, -0.05) is 6.07 Å². The number of hydrogen-bond acceptors (Lipinski definition) is 3. The molecule has 0 saturated carbocycles. The van der Waals surface area contributed by atoms with Crippen LogP contribution in [0.25, 0.3) is 11.4 Å². The molecule has 0 bridgehead atoms. The highest BCUT2D eigenvalue weighted by Crippen LogP contribution is 2.24. The molecule has 0 aliphatic carbocycles. The first-order chi connectivity index (χ1) is 6.92. The van der Waals surface area contributed by atoms with Crippen molar-refractivity contribution >= 4 is 10.5 Å². The van der Waals surface area contributed by atoms with Crippen LogP contribution in [0.3, 0.4) is 0 Å². The van der Waals surface area contributed by atoms with Crippen LogP contribution >= 0.6 is 0 Å². The molecule has 0 aliphatic heterocycles. The molecule has 0 spiro atoms. The molecule has 0 N–H and O–H groups in total. The van der Waals surface area contributed by atoms with E-state index >= 15 is 0 Å². The second-order valence-corrected chi connectivity index (χ2v) is 2.87. The van der Waals surface area contributed by atoms with Gasteiger partial charge in [0, 0.05) is 12.4 Å². The van der Waals surface area contributed by atoms with Crippen molar-refractivity contribution in [3.8, 4) is 17.1 Å². The van der Waals surface area contributed by atoms with E-state index in [2.05, 4.69) is 20.5 Å². The lowest BCUT2D eigenvalue weighted by Crippen LogP contribution is -1.93. The van der Waals surface area contributed by atoms with Crippen LogP contribution in [-0.4, -0.2) is 20.5 Å². The minimum absolute atomic E-state index is 0.655. The van der Waals surface area contributed by atoms with Gasteiger partial charge < -0.3 is 4.43 Å². The third kappa shape index (κ3) is 1.65. The Kier molecular flexibility index (Phi) is 2.55. The van der Waals surface area contributed by atoms with Gasteiger partial charge in [-0.3, -0.25) is 9.97 Å². The zero-order valence-corrected chi connectivity index (χ0v) is 8.34. The summed E-state index contributed by atoms with van der Waals surface area (Å²) in [5.41, 5.74) is 1.52. The fourth-order valence-electron chi connectivity index (χ4n) is 1.17. The van der Waals surface area contributed by atoms with Gasteiger partial charge in [-0.05, 0) is 24.3 Å². The maximum absolute atomic E-state index is 5.00. The minimum Gasteiger partial charge on any atom is -0.539 e. The van der Waals surface area contributed by atoms with Crippen molar-refractivity contribution in [3.05, 3.63) is 42.7 Å². The first-order valence-electron chi connectivity index (χ1n) is 4.12. The summed E-state index contributed by atoms with van der Waals surface area (Å²) in [5, 5.41) is 0. The van der Waals surface area contributed by atoms with Gasteiger partial charge in [0.1, 0.15) is 11.4 Å². The second-order valence-electron chi connectivity index (χ2n) is 2.67. The van der Waals surface area contributed by atoms with Crippen LogP contribution in [-0.2, 0) is 0 Å². The average Bonchev–Trinajstić information content (AvgIpc) is 2.30. The van der Waals surface area contributed by atoms with Gasteiger partial charge in [0.05, 0.1) is 5.69 Å². The standard InChI is InChI=1S/C10H7N2OSi/c14-13-9-5-3-7-12-10(9)8-4-1-2-6-11-8/h1-7H. The van der Waals surface area contributed by atoms with Crippen LogP contribution in [0.15, 0.2) is 42.7 Å². The number of aromatic nitrogens is 2. The fraction of sp³-hybridized carbons (Fsp3) is 0. The van der Waals surface area contributed by atoms with Gasteiger partial charge >= 0.3 is 10.5 Å². The van der Waals surface area contributed by atoms with E-state index in [1.807, 2.05) is 30.3 Å². The highest BCUT2D eigenvalue weighted by molar-refractivity contribution is 6.00. The number of rotatable bonds is 2. The smallest absolute Gasteiger partial charge is 0.341 e. The Morgan fingerprint density at radius 2 is 1.86 bits per heavy atom. The lowest BCUT2D eigenvalue weighted by atomic mass is 10.2. The molecule has 0 amide bonds. The topological polar surface area (TPSA) is 35.0 Å². The largest absolute Gasteiger partial charge is 0.539 e. The van der Waals surface area contributed by atoms with Crippen molar-refractivity contribution in [1.82, 2.24) is 9.97 Å². The molecule has 0 atom stereocenters. The summed E-state index contributed by atoms with van der Waals surface area (Å²) in [7, 11) is 2.99. The third-order valence-corrected chi connectivity index (χ3v) is 2.01. The fourth-order valence-corrected chi connectivity index (χ4v) is 1.33. The van der Waals surface area contributed by atoms with Crippen molar-refractivity contribution < 1.29 is 4.43 Å². The predicted octanol–water partition coefficient (Wildman–Crippen LogP) is 1.61. The maximum Gasteiger partial charge on any atom is 0.341 e. The van der Waals surface area contributed by atoms with Crippen LogP contribution in [0, 0.1) is 0 Å². The van der Waals surface area contributed by atoms with Crippen LogP contribution in [0.4, 0.5) is 0 Å². The zero-order chi connectivity index (χ0) is 9.80. The summed E-state index contributed by atoms with van der Waals surface area (Å²) < 4.78 is 5.00. The second kappa shape index (κ2) is 4.02. The third-order valence-electron chi connectivity index (χ3n) is 1.79. The first kappa shape index (κ1) is 8.90. The zero-order valence-electron chi connectivity index (χ0n) is 7.34. The van der Waals surface area contributed by atoms with Crippen molar-refractivity contribution in [2.75, 3.05) is 0 Å². The molecular formula is C10H7N2OSi. The molecule has 0 saturated heterocycles. The molecule has 2 aromatic heterocycles. The van der Waals surface area contributed by atoms with Crippen molar-refractivity contribution in [1.29, 1.82) is 0 Å². The van der Waals surface area contributed by atoms with Gasteiger partial charge in [0.15, 0.2) is 0 Å². The number of nitrogens with zero attached hydrogens (tertiary/aromatic N) is 2. The Morgan fingerprint density at radius 1 is 1.00 bits per heavy atom. The Labute approximate surface area is 85.3 Å². The molecule has 2 aromatic rings. The normalized spacial score (nSPS) is 9.79. The van der Waals surface area contributed by atoms with Gasteiger partial charge in [-0.25, -0.2) is 0 Å².